The van der Waals surface area contributed by atoms with E-state index in [1.165, 1.54) is 0 Å². The second-order valence-corrected chi connectivity index (χ2v) is 1.82. The van der Waals surface area contributed by atoms with E-state index >= 15 is 0 Å². The quantitative estimate of drug-likeness (QED) is 0.399. The lowest BCUT2D eigenvalue weighted by Gasteiger charge is -1.87. The first kappa shape index (κ1) is 7.22. The van der Waals surface area contributed by atoms with E-state index in [4.69, 9.17) is 11.6 Å². The molecule has 0 fully saturated rings. The van der Waals surface area contributed by atoms with Crippen LogP contribution < -0.4 is 0 Å². The molecule has 0 atom stereocenters. The molecular weight excluding hydrogens is 115 g/mol. The van der Waals surface area contributed by atoms with Gasteiger partial charge in [0.2, 0.25) is 0 Å². The summed E-state index contributed by atoms with van der Waals surface area (Å²) in [7, 11) is 0. The highest BCUT2D eigenvalue weighted by Gasteiger charge is 1.83. The van der Waals surface area contributed by atoms with Gasteiger partial charge in [-0.2, -0.15) is 0 Å². The van der Waals surface area contributed by atoms with Crippen molar-refractivity contribution < 1.29 is 4.39 Å². The van der Waals surface area contributed by atoms with Gasteiger partial charge in [-0.25, -0.2) is 0 Å². The molecule has 0 spiro atoms. The summed E-state index contributed by atoms with van der Waals surface area (Å²) in [4.78, 5) is 0. The van der Waals surface area contributed by atoms with Crippen molar-refractivity contribution in [1.82, 2.24) is 0 Å². The number of unbranched alkanes of at least 4 members (excludes halogenated alkanes) is 2. The molecule has 0 aliphatic rings. The molecule has 0 aliphatic heterocycles. The lowest BCUT2D eigenvalue weighted by atomic mass is 10.3. The number of hydrogen-bond acceptors (Lipinski definition) is 0. The largest absolute Gasteiger partial charge is 0.251 e. The highest BCUT2D eigenvalue weighted by molar-refractivity contribution is 6.17. The predicted octanol–water partition coefficient (Wildman–Crippen LogP) is 2.37. The molecule has 0 aromatic rings. The van der Waals surface area contributed by atoms with Gasteiger partial charge in [-0.3, -0.25) is 4.39 Å². The zero-order valence-corrected chi connectivity index (χ0v) is 5.05. The Morgan fingerprint density at radius 1 is 1.14 bits per heavy atom. The zero-order valence-electron chi connectivity index (χ0n) is 4.29. The van der Waals surface area contributed by atoms with Crippen molar-refractivity contribution in [2.45, 2.75) is 19.3 Å². The molecule has 0 unspecified atom stereocenters. The molecule has 0 aromatic heterocycles. The van der Waals surface area contributed by atoms with Crippen molar-refractivity contribution >= 4 is 11.6 Å². The van der Waals surface area contributed by atoms with E-state index in [0.717, 1.165) is 12.8 Å². The molecule has 0 nitrogen and oxygen atoms in total. The van der Waals surface area contributed by atoms with Crippen molar-refractivity contribution in [2.24, 2.45) is 0 Å². The molecule has 2 heteroatoms. The lowest BCUT2D eigenvalue weighted by molar-refractivity contribution is 0.460. The van der Waals surface area contributed by atoms with Crippen molar-refractivity contribution in [1.29, 1.82) is 0 Å². The summed E-state index contributed by atoms with van der Waals surface area (Å²) in [5, 5.41) is 0. The molecule has 0 heterocycles. The van der Waals surface area contributed by atoms with E-state index in [1.54, 1.807) is 0 Å². The van der Waals surface area contributed by atoms with Crippen molar-refractivity contribution in [3.63, 3.8) is 0 Å². The highest BCUT2D eigenvalue weighted by Crippen LogP contribution is 1.96. The summed E-state index contributed by atoms with van der Waals surface area (Å²) in [5.74, 6) is 0.667. The van der Waals surface area contributed by atoms with Crippen LogP contribution >= 0.6 is 11.6 Å². The Morgan fingerprint density at radius 2 is 1.86 bits per heavy atom. The third kappa shape index (κ3) is 6.22. The van der Waals surface area contributed by atoms with Crippen molar-refractivity contribution in [3.05, 3.63) is 0 Å². The number of hydrogen-bond donors (Lipinski definition) is 0. The molecule has 0 bridgehead atoms. The zero-order chi connectivity index (χ0) is 5.54. The van der Waals surface area contributed by atoms with Crippen LogP contribution in [0.1, 0.15) is 19.3 Å². The van der Waals surface area contributed by atoms with E-state index < -0.39 is 0 Å². The third-order valence-electron chi connectivity index (χ3n) is 0.767. The van der Waals surface area contributed by atoms with E-state index in [9.17, 15) is 4.39 Å². The molecule has 0 N–H and O–H groups in total. The summed E-state index contributed by atoms with van der Waals surface area (Å²) in [5.41, 5.74) is 0. The maximum atomic E-state index is 11.3. The minimum Gasteiger partial charge on any atom is -0.251 e. The SMILES string of the molecule is FCCCCCCl. The smallest absolute Gasteiger partial charge is 0.0894 e. The summed E-state index contributed by atoms with van der Waals surface area (Å²) in [6, 6.07) is 0. The molecule has 7 heavy (non-hydrogen) atoms. The third-order valence-corrected chi connectivity index (χ3v) is 1.03. The Balaban J connectivity index is 2.45. The minimum absolute atomic E-state index is 0.198. The first-order valence-electron chi connectivity index (χ1n) is 2.53. The molecule has 0 aromatic carbocycles. The number of rotatable bonds is 4. The summed E-state index contributed by atoms with van der Waals surface area (Å²) < 4.78 is 11.3. The maximum absolute atomic E-state index is 11.3. The molecule has 0 radical (unpaired) electrons. The Kier molecular flexibility index (Phi) is 6.42. The summed E-state index contributed by atoms with van der Waals surface area (Å²) in [6.07, 6.45) is 2.55. The fourth-order valence-electron chi connectivity index (χ4n) is 0.366. The van der Waals surface area contributed by atoms with Crippen LogP contribution in [0, 0.1) is 0 Å². The Labute approximate surface area is 48.7 Å². The normalized spacial score (nSPS) is 9.43. The van der Waals surface area contributed by atoms with Gasteiger partial charge >= 0.3 is 0 Å². The van der Waals surface area contributed by atoms with Crippen LogP contribution in [0.5, 0.6) is 0 Å². The number of halogens is 2. The molecule has 0 aliphatic carbocycles. The van der Waals surface area contributed by atoms with Gasteiger partial charge in [0, 0.05) is 5.88 Å². The molecule has 0 saturated heterocycles. The molecular formula is C5H10ClF. The fourth-order valence-corrected chi connectivity index (χ4v) is 0.555. The molecule has 0 amide bonds. The molecule has 0 saturated carbocycles. The van der Waals surface area contributed by atoms with E-state index in [2.05, 4.69) is 0 Å². The van der Waals surface area contributed by atoms with Crippen LogP contribution in [-0.4, -0.2) is 12.6 Å². The van der Waals surface area contributed by atoms with Gasteiger partial charge < -0.3 is 0 Å². The average molecular weight is 125 g/mol. The van der Waals surface area contributed by atoms with Gasteiger partial charge in [-0.1, -0.05) is 0 Å². The van der Waals surface area contributed by atoms with Crippen LogP contribution in [0.25, 0.3) is 0 Å². The van der Waals surface area contributed by atoms with Gasteiger partial charge in [0.15, 0.2) is 0 Å². The predicted molar refractivity (Wildman–Crippen MR) is 30.5 cm³/mol. The highest BCUT2D eigenvalue weighted by atomic mass is 35.5. The van der Waals surface area contributed by atoms with Crippen molar-refractivity contribution in [3.8, 4) is 0 Å². The van der Waals surface area contributed by atoms with Crippen molar-refractivity contribution in [2.75, 3.05) is 12.6 Å². The van der Waals surface area contributed by atoms with Gasteiger partial charge in [0.25, 0.3) is 0 Å². The van der Waals surface area contributed by atoms with E-state index in [-0.39, 0.29) is 6.67 Å². The van der Waals surface area contributed by atoms with Crippen LogP contribution in [0.3, 0.4) is 0 Å². The van der Waals surface area contributed by atoms with Gasteiger partial charge in [-0.05, 0) is 19.3 Å². The summed E-state index contributed by atoms with van der Waals surface area (Å²) in [6.45, 7) is -0.198. The maximum Gasteiger partial charge on any atom is 0.0894 e. The standard InChI is InChI=1S/C5H10ClF/c6-4-2-1-3-5-7/h1-5H2. The van der Waals surface area contributed by atoms with Crippen LogP contribution in [0.4, 0.5) is 4.39 Å². The van der Waals surface area contributed by atoms with Gasteiger partial charge in [0.05, 0.1) is 6.67 Å². The molecule has 0 rings (SSSR count). The lowest BCUT2D eigenvalue weighted by Crippen LogP contribution is -1.77. The van der Waals surface area contributed by atoms with Crippen LogP contribution in [0.2, 0.25) is 0 Å². The molecule has 44 valence electrons. The first-order chi connectivity index (χ1) is 3.41. The second-order valence-electron chi connectivity index (χ2n) is 1.44. The van der Waals surface area contributed by atoms with Crippen LogP contribution in [-0.2, 0) is 0 Å². The Bertz CT molecular complexity index is 27.3. The topological polar surface area (TPSA) is 0 Å². The Morgan fingerprint density at radius 3 is 2.29 bits per heavy atom. The first-order valence-corrected chi connectivity index (χ1v) is 3.07. The van der Waals surface area contributed by atoms with E-state index in [0.29, 0.717) is 12.3 Å². The fraction of sp³-hybridized carbons (Fsp3) is 1.00. The van der Waals surface area contributed by atoms with Gasteiger partial charge in [0.1, 0.15) is 0 Å². The van der Waals surface area contributed by atoms with E-state index in [1.807, 2.05) is 0 Å². The Hall–Kier alpha value is 0.220. The monoisotopic (exact) mass is 124 g/mol. The second kappa shape index (κ2) is 6.22. The average Bonchev–Trinajstić information content (AvgIpc) is 1.69. The summed E-state index contributed by atoms with van der Waals surface area (Å²) >= 11 is 5.31. The van der Waals surface area contributed by atoms with Crippen LogP contribution in [0.15, 0.2) is 0 Å². The number of alkyl halides is 2. The minimum atomic E-state index is -0.198. The van der Waals surface area contributed by atoms with Gasteiger partial charge in [-0.15, -0.1) is 11.6 Å².